The molecule has 0 aliphatic rings. The first kappa shape index (κ1) is 27.1. The largest absolute Gasteiger partial charge is 0.493 e. The van der Waals surface area contributed by atoms with Crippen molar-refractivity contribution in [2.45, 2.75) is 12.7 Å². The number of nitrogens with zero attached hydrogens (tertiary/aromatic N) is 3. The van der Waals surface area contributed by atoms with Gasteiger partial charge in [0, 0.05) is 11.8 Å². The molecule has 4 aromatic rings. The molecule has 0 fully saturated rings. The number of carbonyl (C=O) groups is 1. The molecule has 13 heteroatoms. The number of hydrogen-bond acceptors (Lipinski definition) is 6. The third kappa shape index (κ3) is 5.81. The Bertz CT molecular complexity index is 1650. The Morgan fingerprint density at radius 3 is 2.28 bits per heavy atom. The van der Waals surface area contributed by atoms with Gasteiger partial charge in [0.15, 0.2) is 11.5 Å². The minimum atomic E-state index is -4.65. The van der Waals surface area contributed by atoms with E-state index in [2.05, 4.69) is 10.4 Å². The van der Waals surface area contributed by atoms with Crippen LogP contribution < -0.4 is 26.0 Å². The van der Waals surface area contributed by atoms with Crippen molar-refractivity contribution in [2.75, 3.05) is 19.5 Å². The maximum atomic E-state index is 13.4. The van der Waals surface area contributed by atoms with Crippen LogP contribution in [-0.4, -0.2) is 34.5 Å². The van der Waals surface area contributed by atoms with E-state index < -0.39 is 47.0 Å². The van der Waals surface area contributed by atoms with Gasteiger partial charge < -0.3 is 14.8 Å². The molecule has 1 heterocycles. The van der Waals surface area contributed by atoms with Gasteiger partial charge in [-0.1, -0.05) is 12.1 Å². The molecule has 0 saturated heterocycles. The van der Waals surface area contributed by atoms with Crippen molar-refractivity contribution in [1.82, 2.24) is 14.3 Å². The Kier molecular flexibility index (Phi) is 7.51. The summed E-state index contributed by atoms with van der Waals surface area (Å²) in [7, 11) is 2.75. The third-order valence-electron chi connectivity index (χ3n) is 5.58. The minimum Gasteiger partial charge on any atom is -0.493 e. The maximum absolute atomic E-state index is 13.4. The number of aromatic nitrogens is 3. The molecule has 0 saturated carbocycles. The molecule has 9 nitrogen and oxygen atoms in total. The van der Waals surface area contributed by atoms with Gasteiger partial charge in [-0.15, -0.1) is 0 Å². The number of anilines is 1. The second-order valence-corrected chi connectivity index (χ2v) is 8.13. The average Bonchev–Trinajstić information content (AvgIpc) is 2.91. The van der Waals surface area contributed by atoms with Gasteiger partial charge >= 0.3 is 11.9 Å². The van der Waals surface area contributed by atoms with Crippen molar-refractivity contribution >= 4 is 11.6 Å². The lowest BCUT2D eigenvalue weighted by Crippen LogP contribution is -2.45. The van der Waals surface area contributed by atoms with Crippen LogP contribution in [-0.2, 0) is 12.7 Å². The summed E-state index contributed by atoms with van der Waals surface area (Å²) in [6.45, 7) is -0.589. The van der Waals surface area contributed by atoms with Gasteiger partial charge in [-0.25, -0.2) is 9.18 Å². The summed E-state index contributed by atoms with van der Waals surface area (Å²) >= 11 is 0. The van der Waals surface area contributed by atoms with E-state index in [1.807, 2.05) is 0 Å². The molecule has 202 valence electrons. The van der Waals surface area contributed by atoms with Crippen molar-refractivity contribution in [3.05, 3.63) is 110 Å². The summed E-state index contributed by atoms with van der Waals surface area (Å²) in [5, 5.41) is 6.35. The van der Waals surface area contributed by atoms with Crippen molar-refractivity contribution in [3.63, 3.8) is 0 Å². The first-order valence-corrected chi connectivity index (χ1v) is 11.2. The summed E-state index contributed by atoms with van der Waals surface area (Å²) in [5.74, 6) is -1.06. The molecule has 1 amide bonds. The first-order valence-electron chi connectivity index (χ1n) is 11.2. The van der Waals surface area contributed by atoms with Gasteiger partial charge in [-0.05, 0) is 54.1 Å². The fraction of sp³-hybridized carbons (Fsp3) is 0.154. The van der Waals surface area contributed by atoms with Gasteiger partial charge in [-0.3, -0.25) is 14.2 Å². The van der Waals surface area contributed by atoms with Crippen LogP contribution in [0.15, 0.2) is 76.3 Å². The summed E-state index contributed by atoms with van der Waals surface area (Å²) in [4.78, 5) is 39.7. The predicted octanol–water partition coefficient (Wildman–Crippen LogP) is 3.87. The fourth-order valence-corrected chi connectivity index (χ4v) is 3.67. The molecule has 0 atom stereocenters. The van der Waals surface area contributed by atoms with Crippen LogP contribution in [0.2, 0.25) is 0 Å². The monoisotopic (exact) mass is 544 g/mol. The van der Waals surface area contributed by atoms with Crippen molar-refractivity contribution in [1.29, 1.82) is 0 Å². The smallest absolute Gasteiger partial charge is 0.416 e. The molecular weight excluding hydrogens is 524 g/mol. The Morgan fingerprint density at radius 2 is 1.64 bits per heavy atom. The third-order valence-corrected chi connectivity index (χ3v) is 5.58. The van der Waals surface area contributed by atoms with Crippen molar-refractivity contribution in [3.8, 4) is 17.2 Å². The fourth-order valence-electron chi connectivity index (χ4n) is 3.67. The van der Waals surface area contributed by atoms with Crippen molar-refractivity contribution < 1.29 is 31.8 Å². The zero-order valence-electron chi connectivity index (χ0n) is 20.5. The number of alkyl halides is 3. The Morgan fingerprint density at radius 1 is 0.949 bits per heavy atom. The van der Waals surface area contributed by atoms with Crippen LogP contribution in [0.1, 0.15) is 21.6 Å². The molecule has 1 aromatic heterocycles. The summed E-state index contributed by atoms with van der Waals surface area (Å²) in [6.07, 6.45) is -4.65. The second kappa shape index (κ2) is 10.8. The summed E-state index contributed by atoms with van der Waals surface area (Å²) in [6, 6.07) is 13.0. The van der Waals surface area contributed by atoms with E-state index in [4.69, 9.17) is 9.47 Å². The molecule has 0 unspecified atom stereocenters. The number of methoxy groups -OCH3 is 2. The van der Waals surface area contributed by atoms with Gasteiger partial charge in [0.1, 0.15) is 5.82 Å². The quantitative estimate of drug-likeness (QED) is 0.355. The molecule has 0 aliphatic heterocycles. The Hall–Kier alpha value is -4.94. The minimum absolute atomic E-state index is 0.0148. The standard InChI is InChI=1S/C26H20F4N4O5/c1-38-20-11-10-19(13-21(20)39-2)34-25(37)33(14-15-4-3-5-16(12-15)26(28,29)30)24(36)22(32-34)23(35)31-18-8-6-17(27)7-9-18/h3-13H,14H2,1-2H3,(H,31,35). The van der Waals surface area contributed by atoms with Crippen LogP contribution in [0.3, 0.4) is 0 Å². The number of amides is 1. The van der Waals surface area contributed by atoms with Gasteiger partial charge in [0.2, 0.25) is 5.69 Å². The number of ether oxygens (including phenoxy) is 2. The number of nitrogens with one attached hydrogen (secondary N) is 1. The molecule has 0 aliphatic carbocycles. The Balaban J connectivity index is 1.87. The van der Waals surface area contributed by atoms with Crippen LogP contribution >= 0.6 is 0 Å². The molecule has 3 aromatic carbocycles. The number of rotatable bonds is 7. The van der Waals surface area contributed by atoms with E-state index in [0.29, 0.717) is 10.3 Å². The molecule has 39 heavy (non-hydrogen) atoms. The van der Waals surface area contributed by atoms with Crippen LogP contribution in [0, 0.1) is 5.82 Å². The topological polar surface area (TPSA) is 104 Å². The SMILES string of the molecule is COc1ccc(-n2nc(C(=O)Nc3ccc(F)cc3)c(=O)n(Cc3cccc(C(F)(F)F)c3)c2=O)cc1OC. The van der Waals surface area contributed by atoms with Gasteiger partial charge in [0.25, 0.3) is 11.5 Å². The van der Waals surface area contributed by atoms with Crippen molar-refractivity contribution in [2.24, 2.45) is 0 Å². The summed E-state index contributed by atoms with van der Waals surface area (Å²) in [5.41, 5.74) is -3.69. The highest BCUT2D eigenvalue weighted by molar-refractivity contribution is 6.02. The lowest BCUT2D eigenvalue weighted by atomic mass is 10.1. The zero-order chi connectivity index (χ0) is 28.3. The number of halogens is 4. The van der Waals surface area contributed by atoms with E-state index in [-0.39, 0.29) is 22.7 Å². The maximum Gasteiger partial charge on any atom is 0.416 e. The molecule has 1 N–H and O–H groups in total. The molecular formula is C26H20F4N4O5. The predicted molar refractivity (Wildman–Crippen MR) is 132 cm³/mol. The highest BCUT2D eigenvalue weighted by atomic mass is 19.4. The second-order valence-electron chi connectivity index (χ2n) is 8.13. The molecule has 0 spiro atoms. The lowest BCUT2D eigenvalue weighted by Gasteiger charge is -2.14. The van der Waals surface area contributed by atoms with Gasteiger partial charge in [-0.2, -0.15) is 23.0 Å². The zero-order valence-corrected chi connectivity index (χ0v) is 20.5. The van der Waals surface area contributed by atoms with E-state index in [1.54, 1.807) is 0 Å². The van der Waals surface area contributed by atoms with Crippen LogP contribution in [0.25, 0.3) is 5.69 Å². The van der Waals surface area contributed by atoms with E-state index in [9.17, 15) is 31.9 Å². The Labute approximate surface area is 217 Å². The number of hydrogen-bond donors (Lipinski definition) is 1. The first-order chi connectivity index (χ1) is 18.5. The normalized spacial score (nSPS) is 11.2. The highest BCUT2D eigenvalue weighted by Crippen LogP contribution is 2.30. The van der Waals surface area contributed by atoms with Gasteiger partial charge in [0.05, 0.1) is 32.0 Å². The molecule has 0 bridgehead atoms. The highest BCUT2D eigenvalue weighted by Gasteiger charge is 2.30. The number of benzene rings is 3. The van der Waals surface area contributed by atoms with E-state index >= 15 is 0 Å². The molecule has 0 radical (unpaired) electrons. The molecule has 4 rings (SSSR count). The lowest BCUT2D eigenvalue weighted by molar-refractivity contribution is -0.137. The average molecular weight is 544 g/mol. The number of carbonyl (C=O) groups excluding carboxylic acids is 1. The summed E-state index contributed by atoms with van der Waals surface area (Å²) < 4.78 is 64.8. The van der Waals surface area contributed by atoms with E-state index in [0.717, 1.165) is 35.0 Å². The van der Waals surface area contributed by atoms with Crippen LogP contribution in [0.5, 0.6) is 11.5 Å². The van der Waals surface area contributed by atoms with E-state index in [1.165, 1.54) is 50.6 Å². The van der Waals surface area contributed by atoms with Crippen LogP contribution in [0.4, 0.5) is 23.2 Å².